The molecule has 0 amide bonds. The van der Waals surface area contributed by atoms with E-state index in [9.17, 15) is 8.42 Å². The normalized spacial score (nSPS) is 9.62. The van der Waals surface area contributed by atoms with Crippen molar-refractivity contribution >= 4 is 10.7 Å². The topological polar surface area (TPSA) is 34.1 Å². The van der Waals surface area contributed by atoms with Crippen LogP contribution in [0.3, 0.4) is 0 Å². The Labute approximate surface area is 51.2 Å². The molecule has 0 saturated heterocycles. The lowest BCUT2D eigenvalue weighted by Gasteiger charge is -1.83. The smallest absolute Gasteiger partial charge is 0.140 e. The van der Waals surface area contributed by atoms with E-state index in [0.717, 1.165) is 6.42 Å². The summed E-state index contributed by atoms with van der Waals surface area (Å²) in [5.74, 6) is 0.293. The van der Waals surface area contributed by atoms with Crippen molar-refractivity contribution in [1.82, 2.24) is 0 Å². The highest BCUT2D eigenvalue weighted by Crippen LogP contribution is 1.87. The minimum Gasteiger partial charge on any atom is -0.232 e. The van der Waals surface area contributed by atoms with Crippen molar-refractivity contribution in [1.29, 1.82) is 0 Å². The molecular weight excluding hydrogens is 124 g/mol. The van der Waals surface area contributed by atoms with Crippen LogP contribution in [0.15, 0.2) is 12.7 Å². The third-order valence-corrected chi connectivity index (χ3v) is 1.43. The third kappa shape index (κ3) is 5.69. The molecule has 2 nitrogen and oxygen atoms in total. The number of rotatable bonds is 4. The summed E-state index contributed by atoms with van der Waals surface area (Å²) in [6.07, 6.45) is 3.23. The first-order valence-corrected chi connectivity index (χ1v) is 3.86. The fraction of sp³-hybridized carbons (Fsp3) is 0.600. The summed E-state index contributed by atoms with van der Waals surface area (Å²) < 4.78 is 19.8. The Morgan fingerprint density at radius 3 is 2.50 bits per heavy atom. The average molecular weight is 134 g/mol. The minimum atomic E-state index is -2.16. The molecule has 0 aliphatic heterocycles. The van der Waals surface area contributed by atoms with Crippen LogP contribution in [-0.4, -0.2) is 14.2 Å². The molecule has 0 radical (unpaired) electrons. The summed E-state index contributed by atoms with van der Waals surface area (Å²) in [6.45, 7) is 3.46. The van der Waals surface area contributed by atoms with Crippen LogP contribution >= 0.6 is 0 Å². The Kier molecular flexibility index (Phi) is 4.65. The molecule has 0 rings (SSSR count). The Bertz CT molecular complexity index is 118. The van der Waals surface area contributed by atoms with Gasteiger partial charge in [0.25, 0.3) is 0 Å². The predicted molar refractivity (Wildman–Crippen MR) is 34.6 cm³/mol. The standard InChI is InChI=1S/C5H10O2S/c1-2-3-4-5-8(6)7/h2,8H,1,3-5H2. The number of unbranched alkanes of at least 4 members (excludes halogenated alkanes) is 1. The quantitative estimate of drug-likeness (QED) is 0.346. The first-order chi connectivity index (χ1) is 3.77. The van der Waals surface area contributed by atoms with Crippen molar-refractivity contribution in [3.63, 3.8) is 0 Å². The fourth-order valence-electron chi connectivity index (χ4n) is 0.365. The molecule has 0 aliphatic rings. The largest absolute Gasteiger partial charge is 0.232 e. The molecule has 0 heterocycles. The molecule has 0 unspecified atom stereocenters. The van der Waals surface area contributed by atoms with Gasteiger partial charge in [0, 0.05) is 5.75 Å². The molecule has 0 aromatic carbocycles. The van der Waals surface area contributed by atoms with Gasteiger partial charge in [-0.05, 0) is 12.8 Å². The number of thiol groups is 1. The van der Waals surface area contributed by atoms with E-state index in [4.69, 9.17) is 0 Å². The van der Waals surface area contributed by atoms with Gasteiger partial charge in [-0.1, -0.05) is 6.08 Å². The third-order valence-electron chi connectivity index (χ3n) is 0.749. The maximum Gasteiger partial charge on any atom is 0.140 e. The Hall–Kier alpha value is -0.310. The Morgan fingerprint density at radius 2 is 2.12 bits per heavy atom. The molecule has 0 fully saturated rings. The van der Waals surface area contributed by atoms with Crippen LogP contribution in [0.2, 0.25) is 0 Å². The molecule has 0 aliphatic carbocycles. The van der Waals surface area contributed by atoms with Crippen LogP contribution < -0.4 is 0 Å². The molecule has 0 saturated carbocycles. The summed E-state index contributed by atoms with van der Waals surface area (Å²) in [4.78, 5) is 0. The van der Waals surface area contributed by atoms with Gasteiger partial charge < -0.3 is 0 Å². The maximum atomic E-state index is 9.88. The van der Waals surface area contributed by atoms with Crippen molar-refractivity contribution in [2.45, 2.75) is 12.8 Å². The summed E-state index contributed by atoms with van der Waals surface area (Å²) in [5.41, 5.74) is 0. The second kappa shape index (κ2) is 4.84. The van der Waals surface area contributed by atoms with Gasteiger partial charge in [0.15, 0.2) is 0 Å². The van der Waals surface area contributed by atoms with Crippen molar-refractivity contribution in [2.75, 3.05) is 5.75 Å². The zero-order chi connectivity index (χ0) is 6.41. The van der Waals surface area contributed by atoms with Crippen LogP contribution in [0.5, 0.6) is 0 Å². The predicted octanol–water partition coefficient (Wildman–Crippen LogP) is 0.564. The first kappa shape index (κ1) is 7.69. The number of hydrogen-bond donors (Lipinski definition) is 1. The SMILES string of the molecule is C=CCCC[SH](=O)=O. The summed E-state index contributed by atoms with van der Waals surface area (Å²) in [6, 6.07) is 0. The van der Waals surface area contributed by atoms with Gasteiger partial charge in [0.2, 0.25) is 0 Å². The summed E-state index contributed by atoms with van der Waals surface area (Å²) in [5, 5.41) is 0. The van der Waals surface area contributed by atoms with Gasteiger partial charge in [-0.15, -0.1) is 6.58 Å². The van der Waals surface area contributed by atoms with Gasteiger partial charge in [-0.3, -0.25) is 0 Å². The molecule has 48 valence electrons. The van der Waals surface area contributed by atoms with Gasteiger partial charge in [0.05, 0.1) is 0 Å². The van der Waals surface area contributed by atoms with Gasteiger partial charge in [-0.2, -0.15) is 0 Å². The van der Waals surface area contributed by atoms with E-state index >= 15 is 0 Å². The van der Waals surface area contributed by atoms with Gasteiger partial charge >= 0.3 is 0 Å². The lowest BCUT2D eigenvalue weighted by molar-refractivity contribution is 0.612. The molecule has 0 aromatic rings. The monoisotopic (exact) mass is 134 g/mol. The minimum absolute atomic E-state index is 0.293. The molecule has 0 spiro atoms. The molecule has 0 aromatic heterocycles. The van der Waals surface area contributed by atoms with Crippen LogP contribution in [-0.2, 0) is 10.7 Å². The number of hydrogen-bond acceptors (Lipinski definition) is 2. The Morgan fingerprint density at radius 1 is 1.50 bits per heavy atom. The average Bonchev–Trinajstić information content (AvgIpc) is 1.66. The second-order valence-corrected chi connectivity index (χ2v) is 2.60. The first-order valence-electron chi connectivity index (χ1n) is 2.50. The molecular formula is C5H10O2S. The van der Waals surface area contributed by atoms with Gasteiger partial charge in [-0.25, -0.2) is 8.42 Å². The van der Waals surface area contributed by atoms with E-state index in [1.165, 1.54) is 0 Å². The Balaban J connectivity index is 3.05. The summed E-state index contributed by atoms with van der Waals surface area (Å²) in [7, 11) is -2.16. The van der Waals surface area contributed by atoms with Crippen LogP contribution in [0.25, 0.3) is 0 Å². The molecule has 0 atom stereocenters. The highest BCUT2D eigenvalue weighted by atomic mass is 32.2. The van der Waals surface area contributed by atoms with Crippen molar-refractivity contribution in [3.05, 3.63) is 12.7 Å². The van der Waals surface area contributed by atoms with Crippen molar-refractivity contribution in [3.8, 4) is 0 Å². The van der Waals surface area contributed by atoms with E-state index in [1.54, 1.807) is 6.08 Å². The van der Waals surface area contributed by atoms with Crippen LogP contribution in [0, 0.1) is 0 Å². The molecule has 3 heteroatoms. The fourth-order valence-corrected chi connectivity index (χ4v) is 0.805. The molecule has 8 heavy (non-hydrogen) atoms. The maximum absolute atomic E-state index is 9.88. The highest BCUT2D eigenvalue weighted by Gasteiger charge is 1.83. The highest BCUT2D eigenvalue weighted by molar-refractivity contribution is 7.72. The van der Waals surface area contributed by atoms with Crippen LogP contribution in [0.4, 0.5) is 0 Å². The summed E-state index contributed by atoms with van der Waals surface area (Å²) >= 11 is 0. The lowest BCUT2D eigenvalue weighted by Crippen LogP contribution is -1.84. The van der Waals surface area contributed by atoms with E-state index in [1.807, 2.05) is 0 Å². The van der Waals surface area contributed by atoms with Crippen molar-refractivity contribution < 1.29 is 8.42 Å². The second-order valence-electron chi connectivity index (χ2n) is 1.49. The van der Waals surface area contributed by atoms with E-state index in [2.05, 4.69) is 6.58 Å². The molecule has 0 N–H and O–H groups in total. The van der Waals surface area contributed by atoms with Gasteiger partial charge in [0.1, 0.15) is 10.7 Å². The van der Waals surface area contributed by atoms with Crippen molar-refractivity contribution in [2.24, 2.45) is 0 Å². The van der Waals surface area contributed by atoms with E-state index < -0.39 is 10.7 Å². The molecule has 0 bridgehead atoms. The zero-order valence-corrected chi connectivity index (χ0v) is 5.56. The lowest BCUT2D eigenvalue weighted by atomic mass is 10.3. The number of allylic oxidation sites excluding steroid dienone is 1. The van der Waals surface area contributed by atoms with Crippen LogP contribution in [0.1, 0.15) is 12.8 Å². The zero-order valence-electron chi connectivity index (χ0n) is 4.67. The van der Waals surface area contributed by atoms with E-state index in [0.29, 0.717) is 12.2 Å². The van der Waals surface area contributed by atoms with E-state index in [-0.39, 0.29) is 0 Å².